The standard InChI is InChI=1S/C23H24FN3O2/c1-2-29-23(28)20-15-25-21-9-8-18(24)14-19(21)22(20)27-12-10-26(11-13-27)16-17-6-4-3-5-7-17/h3-9,14-15H,2,10-13,16H2,1H3/p+1. The normalized spacial score (nSPS) is 14.9. The number of piperazine rings is 1. The highest BCUT2D eigenvalue weighted by Gasteiger charge is 2.26. The van der Waals surface area contributed by atoms with Gasteiger partial charge in [-0.25, -0.2) is 9.18 Å². The molecule has 1 aliphatic heterocycles. The van der Waals surface area contributed by atoms with E-state index in [1.165, 1.54) is 22.6 Å². The molecule has 0 atom stereocenters. The lowest BCUT2D eigenvalue weighted by atomic mass is 10.1. The Labute approximate surface area is 169 Å². The van der Waals surface area contributed by atoms with Crippen molar-refractivity contribution in [1.29, 1.82) is 0 Å². The van der Waals surface area contributed by atoms with E-state index < -0.39 is 5.97 Å². The molecule has 3 aromatic rings. The highest BCUT2D eigenvalue weighted by Crippen LogP contribution is 2.31. The SMILES string of the molecule is CCOC(=O)c1cnc2ccc(F)cc2c1N1CC[NH+](Cc2ccccc2)CC1. The summed E-state index contributed by atoms with van der Waals surface area (Å²) in [6.45, 7) is 6.48. The first-order valence-corrected chi connectivity index (χ1v) is 10.0. The molecule has 6 heteroatoms. The first-order chi connectivity index (χ1) is 14.2. The van der Waals surface area contributed by atoms with Gasteiger partial charge in [0, 0.05) is 17.1 Å². The van der Waals surface area contributed by atoms with Crippen molar-refractivity contribution < 1.29 is 18.8 Å². The number of nitrogens with zero attached hydrogens (tertiary/aromatic N) is 2. The number of anilines is 1. The minimum atomic E-state index is -0.416. The average Bonchev–Trinajstić information content (AvgIpc) is 2.74. The Morgan fingerprint density at radius 1 is 1.17 bits per heavy atom. The monoisotopic (exact) mass is 394 g/mol. The van der Waals surface area contributed by atoms with E-state index in [0.29, 0.717) is 16.5 Å². The molecule has 1 fully saturated rings. The van der Waals surface area contributed by atoms with Crippen LogP contribution in [-0.4, -0.2) is 43.7 Å². The molecule has 0 saturated carbocycles. The van der Waals surface area contributed by atoms with Gasteiger partial charge in [0.15, 0.2) is 0 Å². The number of pyridine rings is 1. The zero-order chi connectivity index (χ0) is 20.2. The third-order valence-corrected chi connectivity index (χ3v) is 5.38. The van der Waals surface area contributed by atoms with E-state index in [2.05, 4.69) is 34.1 Å². The fourth-order valence-corrected chi connectivity index (χ4v) is 3.96. The van der Waals surface area contributed by atoms with E-state index in [4.69, 9.17) is 4.74 Å². The minimum absolute atomic E-state index is 0.286. The topological polar surface area (TPSA) is 46.9 Å². The maximum atomic E-state index is 14.0. The van der Waals surface area contributed by atoms with Crippen LogP contribution in [0.4, 0.5) is 10.1 Å². The molecule has 5 nitrogen and oxygen atoms in total. The molecular formula is C23H25FN3O2+. The van der Waals surface area contributed by atoms with Crippen LogP contribution < -0.4 is 9.80 Å². The van der Waals surface area contributed by atoms with Gasteiger partial charge in [-0.1, -0.05) is 30.3 Å². The molecule has 0 amide bonds. The Hall–Kier alpha value is -2.99. The number of carbonyl (C=O) groups excluding carboxylic acids is 1. The fourth-order valence-electron chi connectivity index (χ4n) is 3.96. The van der Waals surface area contributed by atoms with Gasteiger partial charge in [-0.2, -0.15) is 0 Å². The van der Waals surface area contributed by atoms with Crippen molar-refractivity contribution in [3.63, 3.8) is 0 Å². The van der Waals surface area contributed by atoms with E-state index in [1.54, 1.807) is 19.2 Å². The molecule has 4 rings (SSSR count). The molecule has 1 aromatic heterocycles. The number of carbonyl (C=O) groups is 1. The molecule has 1 aliphatic rings. The molecule has 0 aliphatic carbocycles. The number of quaternary nitrogens is 1. The fraction of sp³-hybridized carbons (Fsp3) is 0.304. The first kappa shape index (κ1) is 19.3. The Morgan fingerprint density at radius 3 is 2.66 bits per heavy atom. The van der Waals surface area contributed by atoms with Gasteiger partial charge in [-0.05, 0) is 25.1 Å². The molecule has 1 saturated heterocycles. The average molecular weight is 394 g/mol. The third kappa shape index (κ3) is 4.22. The molecule has 0 spiro atoms. The van der Waals surface area contributed by atoms with Crippen LogP contribution in [-0.2, 0) is 11.3 Å². The van der Waals surface area contributed by atoms with E-state index in [1.807, 2.05) is 6.07 Å². The van der Waals surface area contributed by atoms with E-state index in [-0.39, 0.29) is 12.4 Å². The maximum absolute atomic E-state index is 14.0. The summed E-state index contributed by atoms with van der Waals surface area (Å²) in [6.07, 6.45) is 1.55. The quantitative estimate of drug-likeness (QED) is 0.676. The van der Waals surface area contributed by atoms with Crippen molar-refractivity contribution >= 4 is 22.6 Å². The zero-order valence-corrected chi connectivity index (χ0v) is 16.5. The second kappa shape index (κ2) is 8.57. The molecule has 1 N–H and O–H groups in total. The molecule has 0 unspecified atom stereocenters. The maximum Gasteiger partial charge on any atom is 0.341 e. The van der Waals surface area contributed by atoms with Gasteiger partial charge >= 0.3 is 5.97 Å². The first-order valence-electron chi connectivity index (χ1n) is 10.0. The molecule has 29 heavy (non-hydrogen) atoms. The van der Waals surface area contributed by atoms with Gasteiger partial charge in [-0.3, -0.25) is 4.98 Å². The summed E-state index contributed by atoms with van der Waals surface area (Å²) >= 11 is 0. The van der Waals surface area contributed by atoms with E-state index >= 15 is 0 Å². The molecule has 0 radical (unpaired) electrons. The number of aromatic nitrogens is 1. The summed E-state index contributed by atoms with van der Waals surface area (Å²) in [4.78, 5) is 20.6. The van der Waals surface area contributed by atoms with Crippen molar-refractivity contribution in [1.82, 2.24) is 4.98 Å². The Balaban J connectivity index is 1.61. The summed E-state index contributed by atoms with van der Waals surface area (Å²) in [7, 11) is 0. The molecule has 150 valence electrons. The van der Waals surface area contributed by atoms with Crippen LogP contribution in [0.5, 0.6) is 0 Å². The van der Waals surface area contributed by atoms with Crippen molar-refractivity contribution in [2.24, 2.45) is 0 Å². The van der Waals surface area contributed by atoms with Gasteiger partial charge in [0.2, 0.25) is 0 Å². The van der Waals surface area contributed by atoms with Crippen molar-refractivity contribution in [2.45, 2.75) is 13.5 Å². The van der Waals surface area contributed by atoms with Gasteiger partial charge in [0.25, 0.3) is 0 Å². The number of fused-ring (bicyclic) bond motifs is 1. The Kier molecular flexibility index (Phi) is 5.71. The number of hydrogen-bond acceptors (Lipinski definition) is 4. The van der Waals surface area contributed by atoms with Crippen molar-refractivity contribution in [3.05, 3.63) is 71.7 Å². The predicted molar refractivity (Wildman–Crippen MR) is 111 cm³/mol. The second-order valence-electron chi connectivity index (χ2n) is 7.30. The van der Waals surface area contributed by atoms with Gasteiger partial charge in [0.1, 0.15) is 17.9 Å². The second-order valence-corrected chi connectivity index (χ2v) is 7.30. The van der Waals surface area contributed by atoms with Crippen molar-refractivity contribution in [3.8, 4) is 0 Å². The summed E-state index contributed by atoms with van der Waals surface area (Å²) < 4.78 is 19.2. The van der Waals surface area contributed by atoms with E-state index in [9.17, 15) is 9.18 Å². The Morgan fingerprint density at radius 2 is 1.93 bits per heavy atom. The summed E-state index contributed by atoms with van der Waals surface area (Å²) in [5, 5.41) is 0.655. The van der Waals surface area contributed by atoms with Crippen LogP contribution in [0.15, 0.2) is 54.7 Å². The van der Waals surface area contributed by atoms with Gasteiger partial charge < -0.3 is 14.5 Å². The van der Waals surface area contributed by atoms with E-state index in [0.717, 1.165) is 38.4 Å². The lowest BCUT2D eigenvalue weighted by Gasteiger charge is -2.35. The van der Waals surface area contributed by atoms with Crippen LogP contribution in [0.2, 0.25) is 0 Å². The Bertz CT molecular complexity index is 1000. The number of hydrogen-bond donors (Lipinski definition) is 1. The zero-order valence-electron chi connectivity index (χ0n) is 16.5. The summed E-state index contributed by atoms with van der Waals surface area (Å²) in [5.41, 5.74) is 3.12. The predicted octanol–water partition coefficient (Wildman–Crippen LogP) is 2.46. The molecule has 2 heterocycles. The summed E-state index contributed by atoms with van der Waals surface area (Å²) in [5.74, 6) is -0.755. The number of benzene rings is 2. The molecular weight excluding hydrogens is 369 g/mol. The minimum Gasteiger partial charge on any atom is -0.462 e. The lowest BCUT2D eigenvalue weighted by molar-refractivity contribution is -0.914. The number of nitrogens with one attached hydrogen (secondary N) is 1. The lowest BCUT2D eigenvalue weighted by Crippen LogP contribution is -3.13. The third-order valence-electron chi connectivity index (χ3n) is 5.38. The van der Waals surface area contributed by atoms with Crippen LogP contribution in [0, 0.1) is 5.82 Å². The largest absolute Gasteiger partial charge is 0.462 e. The van der Waals surface area contributed by atoms with Crippen LogP contribution >= 0.6 is 0 Å². The number of esters is 1. The highest BCUT2D eigenvalue weighted by molar-refractivity contribution is 6.05. The van der Waals surface area contributed by atoms with Gasteiger partial charge in [0.05, 0.1) is 44.0 Å². The van der Waals surface area contributed by atoms with Crippen molar-refractivity contribution in [2.75, 3.05) is 37.7 Å². The number of rotatable bonds is 5. The molecule has 0 bridgehead atoms. The smallest absolute Gasteiger partial charge is 0.341 e. The number of halogens is 1. The highest BCUT2D eigenvalue weighted by atomic mass is 19.1. The van der Waals surface area contributed by atoms with Crippen LogP contribution in [0.1, 0.15) is 22.8 Å². The van der Waals surface area contributed by atoms with Crippen LogP contribution in [0.25, 0.3) is 10.9 Å². The molecule has 2 aromatic carbocycles. The number of ether oxygens (including phenoxy) is 1. The summed E-state index contributed by atoms with van der Waals surface area (Å²) in [6, 6.07) is 15.0. The van der Waals surface area contributed by atoms with Crippen LogP contribution in [0.3, 0.4) is 0 Å². The van der Waals surface area contributed by atoms with Gasteiger partial charge in [-0.15, -0.1) is 0 Å².